The molecule has 6 heteroatoms. The van der Waals surface area contributed by atoms with Crippen LogP contribution in [-0.2, 0) is 14.4 Å². The largest absolute Gasteiger partial charge is 0.393 e. The molecule has 3 N–H and O–H groups in total. The zero-order valence-corrected chi connectivity index (χ0v) is 30.1. The Labute approximate surface area is 287 Å². The number of hydrogen-bond acceptors (Lipinski definition) is 6. The molecule has 0 fully saturated rings. The van der Waals surface area contributed by atoms with Crippen molar-refractivity contribution in [1.82, 2.24) is 0 Å². The van der Waals surface area contributed by atoms with Gasteiger partial charge in [-0.25, -0.2) is 0 Å². The van der Waals surface area contributed by atoms with Crippen molar-refractivity contribution in [1.29, 1.82) is 0 Å². The maximum Gasteiger partial charge on any atom is 0.219 e. The summed E-state index contributed by atoms with van der Waals surface area (Å²) < 4.78 is 0. The van der Waals surface area contributed by atoms with Gasteiger partial charge >= 0.3 is 0 Å². The van der Waals surface area contributed by atoms with Crippen LogP contribution < -0.4 is 0 Å². The van der Waals surface area contributed by atoms with Crippen LogP contribution in [0.5, 0.6) is 0 Å². The Balaban J connectivity index is 4.50. The van der Waals surface area contributed by atoms with Crippen LogP contribution in [0.3, 0.4) is 0 Å². The van der Waals surface area contributed by atoms with Crippen molar-refractivity contribution in [3.63, 3.8) is 0 Å². The topological polar surface area (TPSA) is 112 Å². The van der Waals surface area contributed by atoms with E-state index < -0.39 is 35.2 Å². The summed E-state index contributed by atoms with van der Waals surface area (Å²) in [5.41, 5.74) is -5.78. The van der Waals surface area contributed by atoms with Crippen LogP contribution >= 0.6 is 0 Å². The van der Waals surface area contributed by atoms with Gasteiger partial charge in [0.1, 0.15) is 0 Å². The molecule has 0 aliphatic heterocycles. The van der Waals surface area contributed by atoms with E-state index in [4.69, 9.17) is 0 Å². The molecular weight excluding hydrogens is 588 g/mol. The summed E-state index contributed by atoms with van der Waals surface area (Å²) in [6.07, 6.45) is 40.7. The van der Waals surface area contributed by atoms with Crippen LogP contribution in [0.15, 0.2) is 60.8 Å². The molecular formula is C41H68O6. The van der Waals surface area contributed by atoms with E-state index in [1.807, 2.05) is 0 Å². The molecule has 0 amide bonds. The summed E-state index contributed by atoms with van der Waals surface area (Å²) in [5, 5.41) is 32.0. The Morgan fingerprint density at radius 2 is 0.872 bits per heavy atom. The molecule has 0 saturated heterocycles. The number of Topliss-reactive ketones (excluding diaryl/α,β-unsaturated/α-hetero) is 3. The standard InChI is InChI=1S/C41H68O6/c1-4-6-8-10-12-14-16-18-20-22-24-26-28-30-32-34-38(44)41(47,40(46,36-42)37(3)43)39(45)35-33-31-29-27-25-23-21-19-17-15-13-11-9-7-5-2/h6,8,12-15,18-21,42,46-47H,4-5,7,9-11,16-17,22-36H2,1-3H3. The second-order valence-electron chi connectivity index (χ2n) is 12.7. The van der Waals surface area contributed by atoms with Gasteiger partial charge in [0, 0.05) is 12.8 Å². The van der Waals surface area contributed by atoms with Crippen LogP contribution in [-0.4, -0.2) is 50.5 Å². The molecule has 6 nitrogen and oxygen atoms in total. The monoisotopic (exact) mass is 657 g/mol. The summed E-state index contributed by atoms with van der Waals surface area (Å²) in [6, 6.07) is 0. The van der Waals surface area contributed by atoms with E-state index in [1.165, 1.54) is 19.3 Å². The highest BCUT2D eigenvalue weighted by molar-refractivity contribution is 6.16. The zero-order valence-electron chi connectivity index (χ0n) is 30.1. The van der Waals surface area contributed by atoms with Gasteiger partial charge in [-0.05, 0) is 84.0 Å². The van der Waals surface area contributed by atoms with E-state index in [9.17, 15) is 29.7 Å². The van der Waals surface area contributed by atoms with Crippen LogP contribution in [0.2, 0.25) is 0 Å². The SMILES string of the molecule is CCC=CCC=CCC=CCCCCCCCC(=O)C(O)(C(=O)CCCCCCCC=CCC=CCCCCC)C(O)(CO)C(C)=O. The quantitative estimate of drug-likeness (QED) is 0.0378. The molecule has 0 aliphatic carbocycles. The smallest absolute Gasteiger partial charge is 0.219 e. The van der Waals surface area contributed by atoms with Gasteiger partial charge in [-0.3, -0.25) is 14.4 Å². The van der Waals surface area contributed by atoms with Gasteiger partial charge < -0.3 is 15.3 Å². The molecule has 0 bridgehead atoms. The highest BCUT2D eigenvalue weighted by Crippen LogP contribution is 2.30. The van der Waals surface area contributed by atoms with Gasteiger partial charge in [0.2, 0.25) is 5.60 Å². The first-order valence-corrected chi connectivity index (χ1v) is 18.6. The number of aliphatic hydroxyl groups is 3. The van der Waals surface area contributed by atoms with E-state index in [0.717, 1.165) is 103 Å². The molecule has 2 atom stereocenters. The maximum absolute atomic E-state index is 13.2. The molecule has 2 unspecified atom stereocenters. The van der Waals surface area contributed by atoms with Crippen molar-refractivity contribution in [3.05, 3.63) is 60.8 Å². The molecule has 0 spiro atoms. The summed E-state index contributed by atoms with van der Waals surface area (Å²) in [7, 11) is 0. The van der Waals surface area contributed by atoms with Crippen molar-refractivity contribution >= 4 is 17.3 Å². The Morgan fingerprint density at radius 3 is 1.26 bits per heavy atom. The fraction of sp³-hybridized carbons (Fsp3) is 0.683. The van der Waals surface area contributed by atoms with Crippen molar-refractivity contribution in [2.24, 2.45) is 0 Å². The minimum Gasteiger partial charge on any atom is -0.393 e. The molecule has 0 saturated carbocycles. The molecule has 0 aromatic heterocycles. The molecule has 0 heterocycles. The number of rotatable bonds is 32. The van der Waals surface area contributed by atoms with Crippen LogP contribution in [0, 0.1) is 0 Å². The predicted octanol–water partition coefficient (Wildman–Crippen LogP) is 9.57. The van der Waals surface area contributed by atoms with Crippen molar-refractivity contribution in [3.8, 4) is 0 Å². The first-order chi connectivity index (χ1) is 22.7. The minimum atomic E-state index is -2.94. The van der Waals surface area contributed by atoms with Crippen molar-refractivity contribution < 1.29 is 29.7 Å². The molecule has 0 radical (unpaired) electrons. The summed E-state index contributed by atoms with van der Waals surface area (Å²) in [4.78, 5) is 38.7. The number of aliphatic hydroxyl groups excluding tert-OH is 1. The number of carbonyl (C=O) groups is 3. The molecule has 0 aliphatic rings. The number of ketones is 3. The molecule has 0 aromatic rings. The van der Waals surface area contributed by atoms with Gasteiger partial charge in [-0.2, -0.15) is 0 Å². The fourth-order valence-corrected chi connectivity index (χ4v) is 5.46. The fourth-order valence-electron chi connectivity index (χ4n) is 5.46. The number of carbonyl (C=O) groups excluding carboxylic acids is 3. The average Bonchev–Trinajstić information content (AvgIpc) is 3.06. The van der Waals surface area contributed by atoms with Crippen LogP contribution in [0.25, 0.3) is 0 Å². The van der Waals surface area contributed by atoms with Gasteiger partial charge in [-0.15, -0.1) is 0 Å². The van der Waals surface area contributed by atoms with Crippen molar-refractivity contribution in [2.45, 2.75) is 173 Å². The van der Waals surface area contributed by atoms with Crippen molar-refractivity contribution in [2.75, 3.05) is 6.61 Å². The maximum atomic E-state index is 13.2. The predicted molar refractivity (Wildman–Crippen MR) is 196 cm³/mol. The average molecular weight is 657 g/mol. The third-order valence-electron chi connectivity index (χ3n) is 8.63. The third kappa shape index (κ3) is 19.9. The number of unbranched alkanes of at least 4 members (excludes halogenated alkanes) is 13. The van der Waals surface area contributed by atoms with E-state index >= 15 is 0 Å². The van der Waals surface area contributed by atoms with Gasteiger partial charge in [0.05, 0.1) is 6.61 Å². The van der Waals surface area contributed by atoms with E-state index in [2.05, 4.69) is 74.6 Å². The highest BCUT2D eigenvalue weighted by Gasteiger charge is 2.61. The third-order valence-corrected chi connectivity index (χ3v) is 8.63. The lowest BCUT2D eigenvalue weighted by molar-refractivity contribution is -0.193. The van der Waals surface area contributed by atoms with E-state index in [1.54, 1.807) is 0 Å². The number of hydrogen-bond donors (Lipinski definition) is 3. The summed E-state index contributed by atoms with van der Waals surface area (Å²) in [6.45, 7) is 4.12. The minimum absolute atomic E-state index is 0.137. The lowest BCUT2D eigenvalue weighted by Crippen LogP contribution is -2.69. The van der Waals surface area contributed by atoms with E-state index in [-0.39, 0.29) is 12.8 Å². The molecule has 268 valence electrons. The highest BCUT2D eigenvalue weighted by atomic mass is 16.4. The van der Waals surface area contributed by atoms with Gasteiger partial charge in [0.25, 0.3) is 0 Å². The second kappa shape index (κ2) is 29.7. The lowest BCUT2D eigenvalue weighted by atomic mass is 9.72. The summed E-state index contributed by atoms with van der Waals surface area (Å²) >= 11 is 0. The molecule has 47 heavy (non-hydrogen) atoms. The Hall–Kier alpha value is -2.41. The second-order valence-corrected chi connectivity index (χ2v) is 12.7. The summed E-state index contributed by atoms with van der Waals surface area (Å²) in [5.74, 6) is -2.78. The van der Waals surface area contributed by atoms with Crippen LogP contribution in [0.1, 0.15) is 162 Å². The zero-order chi connectivity index (χ0) is 35.1. The number of allylic oxidation sites excluding steroid dienone is 10. The Kier molecular flexibility index (Phi) is 28.2. The lowest BCUT2D eigenvalue weighted by Gasteiger charge is -2.38. The molecule has 0 aromatic carbocycles. The normalized spacial score (nSPS) is 15.0. The molecule has 0 rings (SSSR count). The Morgan fingerprint density at radius 1 is 0.511 bits per heavy atom. The van der Waals surface area contributed by atoms with E-state index in [0.29, 0.717) is 12.8 Å². The Bertz CT molecular complexity index is 974. The van der Waals surface area contributed by atoms with Gasteiger partial charge in [-0.1, -0.05) is 126 Å². The first kappa shape index (κ1) is 44.6. The van der Waals surface area contributed by atoms with Crippen LogP contribution in [0.4, 0.5) is 0 Å². The first-order valence-electron chi connectivity index (χ1n) is 18.6. The van der Waals surface area contributed by atoms with Gasteiger partial charge in [0.15, 0.2) is 23.0 Å².